The normalized spacial score (nSPS) is 11.4. The summed E-state index contributed by atoms with van der Waals surface area (Å²) in [5, 5.41) is 0. The van der Waals surface area contributed by atoms with Crippen molar-refractivity contribution >= 4 is 33.0 Å². The number of nitrogens with zero attached hydrogens (tertiary/aromatic N) is 2. The summed E-state index contributed by atoms with van der Waals surface area (Å²) in [6.07, 6.45) is 0.680. The van der Waals surface area contributed by atoms with E-state index in [1.807, 2.05) is 32.9 Å². The number of pyridine rings is 1. The first-order chi connectivity index (χ1) is 11.9. The van der Waals surface area contributed by atoms with Gasteiger partial charge in [0.25, 0.3) is 5.56 Å². The number of carbonyl (C=O) groups excluding carboxylic acids is 1. The van der Waals surface area contributed by atoms with E-state index in [1.165, 1.54) is 4.57 Å². The van der Waals surface area contributed by atoms with E-state index in [0.29, 0.717) is 34.3 Å². The lowest BCUT2D eigenvalue weighted by Crippen LogP contribution is -2.31. The Bertz CT molecular complexity index is 1100. The minimum atomic E-state index is -0.511. The average Bonchev–Trinajstić information content (AvgIpc) is 2.85. The maximum absolute atomic E-state index is 13.0. The number of aromatic nitrogens is 2. The molecule has 0 fully saturated rings. The Hall–Kier alpha value is -2.41. The van der Waals surface area contributed by atoms with Gasteiger partial charge in [-0.25, -0.2) is 4.79 Å². The van der Waals surface area contributed by atoms with E-state index in [9.17, 15) is 14.4 Å². The van der Waals surface area contributed by atoms with Crippen LogP contribution in [-0.4, -0.2) is 21.5 Å². The Balaban J connectivity index is 2.58. The van der Waals surface area contributed by atoms with Gasteiger partial charge < -0.3 is 9.14 Å². The standard InChI is InChI=1S/C18H20N2O4S/c1-5-7-19-16(21)14-15(25-18(19)23)13(17(22)24-6-2)12-9-10(3)8-11(4)20(12)14/h8-9H,5-7H2,1-4H3. The Kier molecular flexibility index (Phi) is 4.51. The highest BCUT2D eigenvalue weighted by atomic mass is 32.1. The third kappa shape index (κ3) is 2.68. The van der Waals surface area contributed by atoms with Gasteiger partial charge in [0.2, 0.25) is 0 Å². The topological polar surface area (TPSA) is 69.8 Å². The smallest absolute Gasteiger partial charge is 0.341 e. The number of hydrogen-bond donors (Lipinski definition) is 0. The Labute approximate surface area is 148 Å². The molecule has 0 aromatic carbocycles. The molecule has 0 amide bonds. The van der Waals surface area contributed by atoms with Crippen LogP contribution in [0.4, 0.5) is 0 Å². The fraction of sp³-hybridized carbons (Fsp3) is 0.389. The van der Waals surface area contributed by atoms with Gasteiger partial charge in [-0.05, 0) is 44.9 Å². The van der Waals surface area contributed by atoms with Crippen molar-refractivity contribution in [3.8, 4) is 0 Å². The lowest BCUT2D eigenvalue weighted by molar-refractivity contribution is 0.0531. The summed E-state index contributed by atoms with van der Waals surface area (Å²) in [4.78, 5) is 37.6. The van der Waals surface area contributed by atoms with Crippen LogP contribution in [0.25, 0.3) is 15.7 Å². The molecule has 0 N–H and O–H groups in total. The minimum absolute atomic E-state index is 0.226. The molecule has 0 saturated carbocycles. The van der Waals surface area contributed by atoms with Gasteiger partial charge in [0.1, 0.15) is 11.1 Å². The minimum Gasteiger partial charge on any atom is -0.462 e. The zero-order valence-electron chi connectivity index (χ0n) is 14.7. The fourth-order valence-electron chi connectivity index (χ4n) is 3.19. The first-order valence-corrected chi connectivity index (χ1v) is 9.08. The first-order valence-electron chi connectivity index (χ1n) is 8.27. The summed E-state index contributed by atoms with van der Waals surface area (Å²) in [6, 6.07) is 3.79. The van der Waals surface area contributed by atoms with E-state index >= 15 is 0 Å². The summed E-state index contributed by atoms with van der Waals surface area (Å²) < 4.78 is 8.59. The Morgan fingerprint density at radius 2 is 1.92 bits per heavy atom. The summed E-state index contributed by atoms with van der Waals surface area (Å²) in [7, 11) is 0. The van der Waals surface area contributed by atoms with Gasteiger partial charge in [-0.3, -0.25) is 14.2 Å². The number of ether oxygens (including phenoxy) is 1. The SMILES string of the molecule is CCCn1c(=O)sc2c(C(=O)OCC)c3cc(C)cc(C)n3c2c1=O. The van der Waals surface area contributed by atoms with Crippen LogP contribution >= 0.6 is 11.3 Å². The molecule has 0 aliphatic rings. The monoisotopic (exact) mass is 360 g/mol. The van der Waals surface area contributed by atoms with Crippen molar-refractivity contribution in [2.24, 2.45) is 0 Å². The van der Waals surface area contributed by atoms with Crippen LogP contribution in [0.1, 0.15) is 41.9 Å². The molecule has 3 aromatic rings. The quantitative estimate of drug-likeness (QED) is 0.671. The van der Waals surface area contributed by atoms with E-state index in [1.54, 1.807) is 11.3 Å². The van der Waals surface area contributed by atoms with Crippen molar-refractivity contribution in [1.29, 1.82) is 0 Å². The third-order valence-corrected chi connectivity index (χ3v) is 5.10. The second-order valence-corrected chi connectivity index (χ2v) is 6.95. The molecular weight excluding hydrogens is 340 g/mol. The molecule has 0 saturated heterocycles. The molecule has 25 heavy (non-hydrogen) atoms. The summed E-state index contributed by atoms with van der Waals surface area (Å²) in [6.45, 7) is 8.04. The summed E-state index contributed by atoms with van der Waals surface area (Å²) in [5.74, 6) is -0.511. The van der Waals surface area contributed by atoms with Gasteiger partial charge in [0.05, 0.1) is 16.8 Å². The first kappa shape index (κ1) is 17.4. The third-order valence-electron chi connectivity index (χ3n) is 4.10. The zero-order chi connectivity index (χ0) is 18.3. The van der Waals surface area contributed by atoms with Crippen LogP contribution in [0.15, 0.2) is 21.7 Å². The molecule has 0 atom stereocenters. The van der Waals surface area contributed by atoms with Crippen molar-refractivity contribution in [3.05, 3.63) is 49.0 Å². The lowest BCUT2D eigenvalue weighted by Gasteiger charge is -2.06. The Morgan fingerprint density at radius 1 is 1.20 bits per heavy atom. The number of rotatable bonds is 4. The van der Waals surface area contributed by atoms with Crippen LogP contribution in [0, 0.1) is 13.8 Å². The average molecular weight is 360 g/mol. The van der Waals surface area contributed by atoms with Crippen molar-refractivity contribution in [2.75, 3.05) is 6.61 Å². The van der Waals surface area contributed by atoms with Gasteiger partial charge >= 0.3 is 10.8 Å². The number of aryl methyl sites for hydroxylation is 2. The Morgan fingerprint density at radius 3 is 2.56 bits per heavy atom. The molecule has 3 rings (SSSR count). The highest BCUT2D eigenvalue weighted by molar-refractivity contribution is 7.16. The highest BCUT2D eigenvalue weighted by Gasteiger charge is 2.25. The second-order valence-electron chi connectivity index (χ2n) is 5.99. The van der Waals surface area contributed by atoms with Crippen LogP contribution in [0.5, 0.6) is 0 Å². The molecule has 0 spiro atoms. The van der Waals surface area contributed by atoms with Crippen molar-refractivity contribution in [1.82, 2.24) is 8.97 Å². The molecule has 0 bridgehead atoms. The fourth-order valence-corrected chi connectivity index (χ4v) is 4.21. The van der Waals surface area contributed by atoms with Gasteiger partial charge in [-0.2, -0.15) is 0 Å². The van der Waals surface area contributed by atoms with Crippen LogP contribution in [-0.2, 0) is 11.3 Å². The predicted molar refractivity (Wildman–Crippen MR) is 99.0 cm³/mol. The van der Waals surface area contributed by atoms with Crippen LogP contribution in [0.3, 0.4) is 0 Å². The largest absolute Gasteiger partial charge is 0.462 e. The lowest BCUT2D eigenvalue weighted by atomic mass is 10.2. The molecule has 0 aliphatic heterocycles. The maximum Gasteiger partial charge on any atom is 0.341 e. The molecule has 7 heteroatoms. The van der Waals surface area contributed by atoms with Gasteiger partial charge in [0.15, 0.2) is 0 Å². The van der Waals surface area contributed by atoms with E-state index in [2.05, 4.69) is 0 Å². The van der Waals surface area contributed by atoms with Crippen molar-refractivity contribution < 1.29 is 9.53 Å². The van der Waals surface area contributed by atoms with Crippen LogP contribution < -0.4 is 10.4 Å². The highest BCUT2D eigenvalue weighted by Crippen LogP contribution is 2.29. The van der Waals surface area contributed by atoms with E-state index in [-0.39, 0.29) is 17.0 Å². The molecule has 3 aromatic heterocycles. The van der Waals surface area contributed by atoms with Crippen molar-refractivity contribution in [3.63, 3.8) is 0 Å². The summed E-state index contributed by atoms with van der Waals surface area (Å²) >= 11 is 0.929. The number of carbonyl (C=O) groups is 1. The number of esters is 1. The van der Waals surface area contributed by atoms with Gasteiger partial charge in [-0.1, -0.05) is 18.3 Å². The van der Waals surface area contributed by atoms with Gasteiger partial charge in [-0.15, -0.1) is 0 Å². The number of hydrogen-bond acceptors (Lipinski definition) is 5. The summed E-state index contributed by atoms with van der Waals surface area (Å²) in [5.41, 5.74) is 2.72. The molecule has 3 heterocycles. The molecule has 0 aliphatic carbocycles. The molecule has 132 valence electrons. The van der Waals surface area contributed by atoms with E-state index in [0.717, 1.165) is 22.6 Å². The van der Waals surface area contributed by atoms with Crippen LogP contribution in [0.2, 0.25) is 0 Å². The molecule has 6 nitrogen and oxygen atoms in total. The molecular formula is C18H20N2O4S. The molecule has 0 radical (unpaired) electrons. The van der Waals surface area contributed by atoms with Gasteiger partial charge in [0, 0.05) is 12.2 Å². The second kappa shape index (κ2) is 6.48. The zero-order valence-corrected chi connectivity index (χ0v) is 15.5. The number of fused-ring (bicyclic) bond motifs is 3. The van der Waals surface area contributed by atoms with E-state index in [4.69, 9.17) is 4.74 Å². The predicted octanol–water partition coefficient (Wildman–Crippen LogP) is 2.88. The molecule has 0 unspecified atom stereocenters. The van der Waals surface area contributed by atoms with E-state index < -0.39 is 5.97 Å². The van der Waals surface area contributed by atoms with Crippen molar-refractivity contribution in [2.45, 2.75) is 40.7 Å². The maximum atomic E-state index is 13.0.